The molecule has 0 aliphatic heterocycles. The van der Waals surface area contributed by atoms with E-state index in [0.717, 1.165) is 14.4 Å². The maximum Gasteiger partial charge on any atom is 0.271 e. The van der Waals surface area contributed by atoms with Crippen LogP contribution in [0.15, 0.2) is 45.3 Å². The van der Waals surface area contributed by atoms with Crippen LogP contribution >= 0.6 is 27.3 Å². The zero-order chi connectivity index (χ0) is 15.4. The van der Waals surface area contributed by atoms with Gasteiger partial charge in [0, 0.05) is 5.56 Å². The van der Waals surface area contributed by atoms with E-state index in [1.54, 1.807) is 11.3 Å². The molecule has 2 rings (SSSR count). The molecule has 1 heterocycles. The molecule has 1 N–H and O–H groups in total. The SMILES string of the molecule is C/C(=N\NC(=O)c1ccc(C(C)C)cc1)c1ccc(Br)s1. The van der Waals surface area contributed by atoms with Crippen molar-refractivity contribution in [3.63, 3.8) is 0 Å². The lowest BCUT2D eigenvalue weighted by Crippen LogP contribution is -2.19. The molecule has 0 atom stereocenters. The minimum Gasteiger partial charge on any atom is -0.267 e. The van der Waals surface area contributed by atoms with E-state index in [1.165, 1.54) is 5.56 Å². The quantitative estimate of drug-likeness (QED) is 0.614. The lowest BCUT2D eigenvalue weighted by atomic mass is 10.0. The predicted octanol–water partition coefficient (Wildman–Crippen LogP) is 4.79. The second-order valence-corrected chi connectivity index (χ2v) is 7.48. The summed E-state index contributed by atoms with van der Waals surface area (Å²) in [4.78, 5) is 13.1. The molecule has 5 heteroatoms. The van der Waals surface area contributed by atoms with Crippen LogP contribution in [0, 0.1) is 0 Å². The van der Waals surface area contributed by atoms with Gasteiger partial charge in [-0.3, -0.25) is 4.79 Å². The summed E-state index contributed by atoms with van der Waals surface area (Å²) in [6.45, 7) is 6.13. The standard InChI is InChI=1S/C16H17BrN2OS/c1-10(2)12-4-6-13(7-5-12)16(20)19-18-11(3)14-8-9-15(17)21-14/h4-10H,1-3H3,(H,19,20)/b18-11+. The molecule has 0 spiro atoms. The Morgan fingerprint density at radius 1 is 1.19 bits per heavy atom. The van der Waals surface area contributed by atoms with Gasteiger partial charge in [0.25, 0.3) is 5.91 Å². The smallest absolute Gasteiger partial charge is 0.267 e. The Morgan fingerprint density at radius 3 is 2.38 bits per heavy atom. The molecular formula is C16H17BrN2OS. The van der Waals surface area contributed by atoms with Gasteiger partial charge in [-0.1, -0.05) is 26.0 Å². The molecule has 0 saturated carbocycles. The van der Waals surface area contributed by atoms with Gasteiger partial charge in [-0.25, -0.2) is 5.43 Å². The van der Waals surface area contributed by atoms with Gasteiger partial charge in [-0.05, 0) is 58.6 Å². The largest absolute Gasteiger partial charge is 0.271 e. The summed E-state index contributed by atoms with van der Waals surface area (Å²) in [5.41, 5.74) is 5.22. The Labute approximate surface area is 137 Å². The van der Waals surface area contributed by atoms with E-state index in [2.05, 4.69) is 40.3 Å². The van der Waals surface area contributed by atoms with Crippen LogP contribution in [0.3, 0.4) is 0 Å². The molecule has 0 unspecified atom stereocenters. The third-order valence-corrected chi connectivity index (χ3v) is 4.83. The van der Waals surface area contributed by atoms with Gasteiger partial charge in [0.1, 0.15) is 0 Å². The van der Waals surface area contributed by atoms with Crippen LogP contribution in [0.2, 0.25) is 0 Å². The van der Waals surface area contributed by atoms with Gasteiger partial charge in [0.15, 0.2) is 0 Å². The van der Waals surface area contributed by atoms with E-state index >= 15 is 0 Å². The number of nitrogens with one attached hydrogen (secondary N) is 1. The third kappa shape index (κ3) is 4.25. The zero-order valence-electron chi connectivity index (χ0n) is 12.2. The second kappa shape index (κ2) is 7.00. The van der Waals surface area contributed by atoms with Gasteiger partial charge in [0.2, 0.25) is 0 Å². The van der Waals surface area contributed by atoms with E-state index in [0.29, 0.717) is 11.5 Å². The monoisotopic (exact) mass is 364 g/mol. The van der Waals surface area contributed by atoms with Gasteiger partial charge in [-0.2, -0.15) is 5.10 Å². The van der Waals surface area contributed by atoms with Crippen LogP contribution in [-0.2, 0) is 0 Å². The average Bonchev–Trinajstić information content (AvgIpc) is 2.91. The van der Waals surface area contributed by atoms with Crippen LogP contribution in [-0.4, -0.2) is 11.6 Å². The van der Waals surface area contributed by atoms with Crippen LogP contribution in [0.25, 0.3) is 0 Å². The normalized spacial score (nSPS) is 11.8. The van der Waals surface area contributed by atoms with Crippen molar-refractivity contribution in [2.45, 2.75) is 26.7 Å². The lowest BCUT2D eigenvalue weighted by molar-refractivity contribution is 0.0955. The molecule has 21 heavy (non-hydrogen) atoms. The van der Waals surface area contributed by atoms with Crippen molar-refractivity contribution in [2.24, 2.45) is 5.10 Å². The summed E-state index contributed by atoms with van der Waals surface area (Å²) in [6, 6.07) is 11.6. The highest BCUT2D eigenvalue weighted by atomic mass is 79.9. The second-order valence-electron chi connectivity index (χ2n) is 5.02. The van der Waals surface area contributed by atoms with Crippen LogP contribution in [0.5, 0.6) is 0 Å². The molecule has 1 aromatic heterocycles. The summed E-state index contributed by atoms with van der Waals surface area (Å²) in [5, 5.41) is 4.15. The number of thiophene rings is 1. The number of nitrogens with zero attached hydrogens (tertiary/aromatic N) is 1. The van der Waals surface area contributed by atoms with Gasteiger partial charge in [0.05, 0.1) is 14.4 Å². The Morgan fingerprint density at radius 2 is 1.86 bits per heavy atom. The Balaban J connectivity index is 2.04. The van der Waals surface area contributed by atoms with E-state index in [4.69, 9.17) is 0 Å². The van der Waals surface area contributed by atoms with E-state index < -0.39 is 0 Å². The molecule has 0 fully saturated rings. The van der Waals surface area contributed by atoms with E-state index in [1.807, 2.05) is 43.3 Å². The summed E-state index contributed by atoms with van der Waals surface area (Å²) in [5.74, 6) is 0.264. The van der Waals surface area contributed by atoms with Crippen molar-refractivity contribution in [1.82, 2.24) is 5.43 Å². The van der Waals surface area contributed by atoms with E-state index in [9.17, 15) is 4.79 Å². The highest BCUT2D eigenvalue weighted by Crippen LogP contribution is 2.22. The molecular weight excluding hydrogens is 348 g/mol. The fraction of sp³-hybridized carbons (Fsp3) is 0.250. The topological polar surface area (TPSA) is 41.5 Å². The summed E-state index contributed by atoms with van der Waals surface area (Å²) in [7, 11) is 0. The van der Waals surface area contributed by atoms with Crippen LogP contribution < -0.4 is 5.43 Å². The molecule has 0 saturated heterocycles. The van der Waals surface area contributed by atoms with Crippen molar-refractivity contribution in [3.05, 3.63) is 56.2 Å². The third-order valence-electron chi connectivity index (χ3n) is 3.09. The zero-order valence-corrected chi connectivity index (χ0v) is 14.6. The number of hydrogen-bond donors (Lipinski definition) is 1. The first-order valence-corrected chi connectivity index (χ1v) is 8.28. The van der Waals surface area contributed by atoms with Crippen molar-refractivity contribution in [3.8, 4) is 0 Å². The molecule has 3 nitrogen and oxygen atoms in total. The number of hydrazone groups is 1. The number of halogens is 1. The number of amides is 1. The Kier molecular flexibility index (Phi) is 5.31. The first kappa shape index (κ1) is 15.9. The highest BCUT2D eigenvalue weighted by Gasteiger charge is 2.07. The molecule has 1 amide bonds. The molecule has 0 aliphatic rings. The minimum absolute atomic E-state index is 0.194. The van der Waals surface area contributed by atoms with Crippen LogP contribution in [0.4, 0.5) is 0 Å². The highest BCUT2D eigenvalue weighted by molar-refractivity contribution is 9.11. The van der Waals surface area contributed by atoms with Gasteiger partial charge >= 0.3 is 0 Å². The van der Waals surface area contributed by atoms with E-state index in [-0.39, 0.29) is 5.91 Å². The maximum absolute atomic E-state index is 12.0. The van der Waals surface area contributed by atoms with Gasteiger partial charge in [-0.15, -0.1) is 11.3 Å². The number of hydrogen-bond acceptors (Lipinski definition) is 3. The fourth-order valence-corrected chi connectivity index (χ4v) is 3.11. The first-order valence-electron chi connectivity index (χ1n) is 6.67. The Hall–Kier alpha value is -1.46. The first-order chi connectivity index (χ1) is 9.97. The predicted molar refractivity (Wildman–Crippen MR) is 92.2 cm³/mol. The van der Waals surface area contributed by atoms with Crippen LogP contribution in [0.1, 0.15) is 47.5 Å². The van der Waals surface area contributed by atoms with Crippen molar-refractivity contribution >= 4 is 38.9 Å². The van der Waals surface area contributed by atoms with Crippen molar-refractivity contribution in [1.29, 1.82) is 0 Å². The minimum atomic E-state index is -0.194. The van der Waals surface area contributed by atoms with Crippen molar-refractivity contribution < 1.29 is 4.79 Å². The number of benzene rings is 1. The Bertz CT molecular complexity index is 659. The molecule has 0 bridgehead atoms. The molecule has 2 aromatic rings. The van der Waals surface area contributed by atoms with Crippen molar-refractivity contribution in [2.75, 3.05) is 0 Å². The number of carbonyl (C=O) groups excluding carboxylic acids is 1. The maximum atomic E-state index is 12.0. The molecule has 0 radical (unpaired) electrons. The molecule has 0 aliphatic carbocycles. The summed E-state index contributed by atoms with van der Waals surface area (Å²) < 4.78 is 1.04. The summed E-state index contributed by atoms with van der Waals surface area (Å²) in [6.07, 6.45) is 0. The van der Waals surface area contributed by atoms with Gasteiger partial charge < -0.3 is 0 Å². The molecule has 1 aromatic carbocycles. The average molecular weight is 365 g/mol. The fourth-order valence-electron chi connectivity index (χ4n) is 1.78. The number of carbonyl (C=O) groups is 1. The lowest BCUT2D eigenvalue weighted by Gasteiger charge is -2.06. The summed E-state index contributed by atoms with van der Waals surface area (Å²) >= 11 is 4.99. The number of rotatable bonds is 4. The molecule has 110 valence electrons.